The smallest absolute Gasteiger partial charge is 0.322 e. The molecule has 10 heteroatoms. The number of aromatic nitrogens is 1. The van der Waals surface area contributed by atoms with E-state index in [1.165, 1.54) is 13.8 Å². The van der Waals surface area contributed by atoms with E-state index in [1.807, 2.05) is 0 Å². The summed E-state index contributed by atoms with van der Waals surface area (Å²) >= 11 is 0. The number of anilines is 2. The van der Waals surface area contributed by atoms with Gasteiger partial charge in [0, 0.05) is 17.7 Å². The molecule has 0 aliphatic carbocycles. The molecule has 2 aromatic rings. The Hall–Kier alpha value is -3.04. The maximum Gasteiger partial charge on any atom is 0.416 e. The molecule has 154 valence electrons. The number of halogens is 5. The fourth-order valence-corrected chi connectivity index (χ4v) is 3.13. The number of rotatable bonds is 3. The van der Waals surface area contributed by atoms with Crippen molar-refractivity contribution in [2.24, 2.45) is 0 Å². The van der Waals surface area contributed by atoms with Gasteiger partial charge in [-0.3, -0.25) is 14.5 Å². The number of aryl methyl sites for hydroxylation is 1. The molecular weight excluding hydrogens is 397 g/mol. The zero-order chi connectivity index (χ0) is 21.5. The van der Waals surface area contributed by atoms with E-state index in [0.717, 1.165) is 23.1 Å². The van der Waals surface area contributed by atoms with Gasteiger partial charge < -0.3 is 5.32 Å². The fraction of sp³-hybridized carbons (Fsp3) is 0.316. The lowest BCUT2D eigenvalue weighted by Gasteiger charge is -2.24. The molecule has 1 aromatic heterocycles. The van der Waals surface area contributed by atoms with Crippen molar-refractivity contribution in [2.75, 3.05) is 10.2 Å². The van der Waals surface area contributed by atoms with Gasteiger partial charge in [-0.25, -0.2) is 13.8 Å². The molecular formula is C19H16F5N3O2. The summed E-state index contributed by atoms with van der Waals surface area (Å²) in [5.41, 5.74) is -1.56. The highest BCUT2D eigenvalue weighted by Crippen LogP contribution is 2.34. The quantitative estimate of drug-likeness (QED) is 0.770. The van der Waals surface area contributed by atoms with Crippen LogP contribution in [0, 0.1) is 25.5 Å². The van der Waals surface area contributed by atoms with E-state index < -0.39 is 41.2 Å². The molecule has 3 rings (SSSR count). The maximum atomic E-state index is 14.2. The number of carbonyl (C=O) groups is 2. The van der Waals surface area contributed by atoms with Crippen molar-refractivity contribution in [1.82, 2.24) is 4.98 Å². The Bertz CT molecular complexity index is 991. The summed E-state index contributed by atoms with van der Waals surface area (Å²) < 4.78 is 66.9. The second kappa shape index (κ2) is 7.41. The van der Waals surface area contributed by atoms with Crippen LogP contribution in [0.3, 0.4) is 0 Å². The Morgan fingerprint density at radius 2 is 1.90 bits per heavy atom. The van der Waals surface area contributed by atoms with Crippen molar-refractivity contribution < 1.29 is 31.5 Å². The number of pyridine rings is 1. The van der Waals surface area contributed by atoms with Gasteiger partial charge in [-0.2, -0.15) is 13.2 Å². The van der Waals surface area contributed by atoms with E-state index in [-0.39, 0.29) is 35.6 Å². The minimum atomic E-state index is -4.66. The van der Waals surface area contributed by atoms with Crippen molar-refractivity contribution >= 4 is 23.3 Å². The first-order valence-corrected chi connectivity index (χ1v) is 8.62. The predicted molar refractivity (Wildman–Crippen MR) is 94.2 cm³/mol. The van der Waals surface area contributed by atoms with Crippen LogP contribution in [0.1, 0.15) is 29.7 Å². The van der Waals surface area contributed by atoms with Crippen LogP contribution in [0.25, 0.3) is 0 Å². The van der Waals surface area contributed by atoms with Gasteiger partial charge in [0.2, 0.25) is 11.8 Å². The summed E-state index contributed by atoms with van der Waals surface area (Å²) in [4.78, 5) is 29.8. The van der Waals surface area contributed by atoms with E-state index >= 15 is 0 Å². The van der Waals surface area contributed by atoms with Crippen molar-refractivity contribution in [3.63, 3.8) is 0 Å². The molecule has 0 bridgehead atoms. The molecule has 1 fully saturated rings. The van der Waals surface area contributed by atoms with Crippen LogP contribution < -0.4 is 10.2 Å². The highest BCUT2D eigenvalue weighted by atomic mass is 19.4. The summed E-state index contributed by atoms with van der Waals surface area (Å²) in [5.74, 6) is -3.45. The molecule has 1 aliphatic rings. The van der Waals surface area contributed by atoms with Crippen LogP contribution in [0.15, 0.2) is 24.3 Å². The zero-order valence-corrected chi connectivity index (χ0v) is 15.4. The average molecular weight is 413 g/mol. The molecule has 1 aliphatic heterocycles. The Labute approximate surface area is 162 Å². The zero-order valence-electron chi connectivity index (χ0n) is 15.4. The number of hydrogen-bond donors (Lipinski definition) is 1. The number of nitrogens with zero attached hydrogens (tertiary/aromatic N) is 2. The lowest BCUT2D eigenvalue weighted by molar-refractivity contribution is -0.137. The first kappa shape index (κ1) is 20.7. The highest BCUT2D eigenvalue weighted by molar-refractivity contribution is 6.07. The lowest BCUT2D eigenvalue weighted by Crippen LogP contribution is -2.42. The minimum Gasteiger partial charge on any atom is -0.322 e. The number of benzene rings is 1. The number of amides is 2. The predicted octanol–water partition coefficient (Wildman–Crippen LogP) is 4.13. The third-order valence-corrected chi connectivity index (χ3v) is 4.61. The first-order chi connectivity index (χ1) is 13.5. The molecule has 1 aromatic carbocycles. The summed E-state index contributed by atoms with van der Waals surface area (Å²) in [5, 5.41) is 2.28. The highest BCUT2D eigenvalue weighted by Gasteiger charge is 2.40. The average Bonchev–Trinajstić information content (AvgIpc) is 3.02. The van der Waals surface area contributed by atoms with E-state index in [4.69, 9.17) is 0 Å². The number of alkyl halides is 3. The van der Waals surface area contributed by atoms with E-state index in [9.17, 15) is 31.5 Å². The van der Waals surface area contributed by atoms with Gasteiger partial charge in [0.25, 0.3) is 0 Å². The second-order valence-corrected chi connectivity index (χ2v) is 6.69. The van der Waals surface area contributed by atoms with Crippen molar-refractivity contribution in [3.05, 3.63) is 52.7 Å². The summed E-state index contributed by atoms with van der Waals surface area (Å²) in [7, 11) is 0. The number of nitrogens with one attached hydrogen (secondary N) is 1. The van der Waals surface area contributed by atoms with Crippen LogP contribution >= 0.6 is 0 Å². The van der Waals surface area contributed by atoms with Gasteiger partial charge in [-0.1, -0.05) is 0 Å². The third kappa shape index (κ3) is 4.06. The second-order valence-electron chi connectivity index (χ2n) is 6.69. The van der Waals surface area contributed by atoms with E-state index in [2.05, 4.69) is 10.3 Å². The van der Waals surface area contributed by atoms with E-state index in [1.54, 1.807) is 0 Å². The maximum absolute atomic E-state index is 14.2. The van der Waals surface area contributed by atoms with Gasteiger partial charge in [-0.05, 0) is 44.5 Å². The van der Waals surface area contributed by atoms with Crippen LogP contribution in [0.4, 0.5) is 33.5 Å². The van der Waals surface area contributed by atoms with Crippen molar-refractivity contribution in [2.45, 2.75) is 38.9 Å². The van der Waals surface area contributed by atoms with Gasteiger partial charge >= 0.3 is 6.18 Å². The molecule has 0 radical (unpaired) electrons. The molecule has 0 spiro atoms. The molecule has 1 saturated heterocycles. The standard InChI is InChI=1S/C19H16F5N3O2/c1-9-7-11(19(22,23)24)8-15(25-9)27-14(5-6-16(27)28)18(29)26-13-4-3-12(20)10(2)17(13)21/h3-4,7-8,14H,5-6H2,1-2H3,(H,26,29)/t14-/m0/s1. The van der Waals surface area contributed by atoms with Crippen molar-refractivity contribution in [3.8, 4) is 0 Å². The molecule has 1 atom stereocenters. The Morgan fingerprint density at radius 1 is 1.21 bits per heavy atom. The first-order valence-electron chi connectivity index (χ1n) is 8.62. The van der Waals surface area contributed by atoms with Crippen LogP contribution in [0.5, 0.6) is 0 Å². The Balaban J connectivity index is 1.93. The Kier molecular flexibility index (Phi) is 5.29. The molecule has 0 unspecified atom stereocenters. The van der Waals surface area contributed by atoms with Crippen LogP contribution in [-0.2, 0) is 15.8 Å². The Morgan fingerprint density at radius 3 is 2.55 bits per heavy atom. The third-order valence-electron chi connectivity index (χ3n) is 4.61. The molecule has 2 amide bonds. The SMILES string of the molecule is Cc1cc(C(F)(F)F)cc(N2C(=O)CC[C@H]2C(=O)Nc2ccc(F)c(C)c2F)n1. The number of hydrogen-bond acceptors (Lipinski definition) is 3. The largest absolute Gasteiger partial charge is 0.416 e. The van der Waals surface area contributed by atoms with Gasteiger partial charge in [-0.15, -0.1) is 0 Å². The molecule has 0 saturated carbocycles. The molecule has 5 nitrogen and oxygen atoms in total. The van der Waals surface area contributed by atoms with Gasteiger partial charge in [0.05, 0.1) is 11.3 Å². The van der Waals surface area contributed by atoms with Gasteiger partial charge in [0.1, 0.15) is 17.7 Å². The topological polar surface area (TPSA) is 62.3 Å². The van der Waals surface area contributed by atoms with Crippen molar-refractivity contribution in [1.29, 1.82) is 0 Å². The summed E-state index contributed by atoms with van der Waals surface area (Å²) in [6, 6.07) is 2.35. The van der Waals surface area contributed by atoms with Crippen LogP contribution in [0.2, 0.25) is 0 Å². The van der Waals surface area contributed by atoms with Gasteiger partial charge in [0.15, 0.2) is 5.82 Å². The van der Waals surface area contributed by atoms with Crippen LogP contribution in [-0.4, -0.2) is 22.8 Å². The summed E-state index contributed by atoms with van der Waals surface area (Å²) in [6.45, 7) is 2.53. The molecule has 29 heavy (non-hydrogen) atoms. The minimum absolute atomic E-state index is 0.0173. The fourth-order valence-electron chi connectivity index (χ4n) is 3.13. The van der Waals surface area contributed by atoms with E-state index in [0.29, 0.717) is 6.07 Å². The number of carbonyl (C=O) groups excluding carboxylic acids is 2. The lowest BCUT2D eigenvalue weighted by atomic mass is 10.1. The molecule has 2 heterocycles. The summed E-state index contributed by atoms with van der Waals surface area (Å²) in [6.07, 6.45) is -4.72. The monoisotopic (exact) mass is 413 g/mol. The molecule has 1 N–H and O–H groups in total. The normalized spacial score (nSPS) is 17.0.